The number of sulfonamides is 1. The molecule has 33 heavy (non-hydrogen) atoms. The molecule has 0 spiro atoms. The number of rotatable bonds is 4. The normalized spacial score (nSPS) is 17.9. The number of anilines is 1. The van der Waals surface area contributed by atoms with Crippen molar-refractivity contribution in [2.75, 3.05) is 4.90 Å². The van der Waals surface area contributed by atoms with Crippen LogP contribution < -0.4 is 4.90 Å². The van der Waals surface area contributed by atoms with Crippen LogP contribution >= 0.6 is 11.3 Å². The van der Waals surface area contributed by atoms with Gasteiger partial charge in [0.15, 0.2) is 0 Å². The van der Waals surface area contributed by atoms with Gasteiger partial charge in [0, 0.05) is 22.8 Å². The first-order chi connectivity index (χ1) is 15.9. The van der Waals surface area contributed by atoms with E-state index in [4.69, 9.17) is 0 Å². The Balaban J connectivity index is 1.74. The molecular weight excluding hydrogens is 448 g/mol. The molecule has 6 heteroatoms. The zero-order valence-electron chi connectivity index (χ0n) is 18.4. The summed E-state index contributed by atoms with van der Waals surface area (Å²) in [5.74, 6) is 0. The quantitative estimate of drug-likeness (QED) is 0.450. The second-order valence-electron chi connectivity index (χ2n) is 8.15. The Hall–Kier alpha value is -3.35. The Morgan fingerprint density at radius 3 is 2.21 bits per heavy atom. The number of fused-ring (bicyclic) bond motifs is 1. The van der Waals surface area contributed by atoms with Gasteiger partial charge in [0.2, 0.25) is 0 Å². The summed E-state index contributed by atoms with van der Waals surface area (Å²) >= 11 is 1.59. The number of allylic oxidation sites excluding steroid dienone is 4. The standard InChI is InChI=1S/C27H24N2O2S2/c1-20-8-12-23(13-9-20)29-26-7-5-3-4-6-25(26)28(18-27(29)22-16-17-32-19-22)33(30,31)24-14-10-21(2)11-15-24/h3-19,26H,1-2H3. The summed E-state index contributed by atoms with van der Waals surface area (Å²) in [6, 6.07) is 17.1. The van der Waals surface area contributed by atoms with Crippen molar-refractivity contribution in [2.45, 2.75) is 24.8 Å². The van der Waals surface area contributed by atoms with Gasteiger partial charge in [-0.15, -0.1) is 0 Å². The Morgan fingerprint density at radius 1 is 0.848 bits per heavy atom. The van der Waals surface area contributed by atoms with Gasteiger partial charge in [-0.25, -0.2) is 12.7 Å². The van der Waals surface area contributed by atoms with E-state index in [1.54, 1.807) is 29.7 Å². The van der Waals surface area contributed by atoms with Crippen molar-refractivity contribution in [1.82, 2.24) is 4.31 Å². The molecular formula is C27H24N2O2S2. The summed E-state index contributed by atoms with van der Waals surface area (Å²) in [6.45, 7) is 4.01. The van der Waals surface area contributed by atoms with Crippen LogP contribution in [0, 0.1) is 13.8 Å². The molecule has 3 aromatic rings. The fourth-order valence-corrected chi connectivity index (χ4v) is 6.11. The molecule has 1 aliphatic heterocycles. The van der Waals surface area contributed by atoms with Crippen LogP contribution in [0.5, 0.6) is 0 Å². The molecule has 0 N–H and O–H groups in total. The lowest BCUT2D eigenvalue weighted by molar-refractivity contribution is 0.522. The minimum Gasteiger partial charge on any atom is -0.327 e. The lowest BCUT2D eigenvalue weighted by atomic mass is 10.0. The number of thiophene rings is 1. The summed E-state index contributed by atoms with van der Waals surface area (Å²) in [4.78, 5) is 2.48. The highest BCUT2D eigenvalue weighted by Crippen LogP contribution is 2.40. The van der Waals surface area contributed by atoms with Crippen LogP contribution in [-0.2, 0) is 10.0 Å². The molecule has 0 radical (unpaired) electrons. The maximum Gasteiger partial charge on any atom is 0.267 e. The van der Waals surface area contributed by atoms with Crippen LogP contribution in [-0.4, -0.2) is 18.8 Å². The molecule has 4 nitrogen and oxygen atoms in total. The molecule has 166 valence electrons. The number of aryl methyl sites for hydroxylation is 2. The third-order valence-electron chi connectivity index (χ3n) is 5.82. The van der Waals surface area contributed by atoms with Crippen LogP contribution in [0.4, 0.5) is 5.69 Å². The molecule has 0 saturated heterocycles. The van der Waals surface area contributed by atoms with E-state index < -0.39 is 10.0 Å². The van der Waals surface area contributed by atoms with Gasteiger partial charge in [-0.1, -0.05) is 59.7 Å². The maximum atomic E-state index is 13.8. The van der Waals surface area contributed by atoms with Gasteiger partial charge in [0.25, 0.3) is 10.0 Å². The fourth-order valence-electron chi connectivity index (χ4n) is 4.07. The molecule has 5 rings (SSSR count). The highest BCUT2D eigenvalue weighted by molar-refractivity contribution is 7.89. The third-order valence-corrected chi connectivity index (χ3v) is 8.21. The highest BCUT2D eigenvalue weighted by Gasteiger charge is 2.38. The van der Waals surface area contributed by atoms with E-state index in [9.17, 15) is 8.42 Å². The smallest absolute Gasteiger partial charge is 0.267 e. The van der Waals surface area contributed by atoms with Crippen molar-refractivity contribution >= 4 is 32.7 Å². The average Bonchev–Trinajstić information content (AvgIpc) is 3.24. The summed E-state index contributed by atoms with van der Waals surface area (Å²) < 4.78 is 29.1. The second kappa shape index (κ2) is 8.54. The van der Waals surface area contributed by atoms with E-state index in [-0.39, 0.29) is 10.9 Å². The Bertz CT molecular complexity index is 1380. The minimum absolute atomic E-state index is 0.273. The first-order valence-electron chi connectivity index (χ1n) is 10.7. The van der Waals surface area contributed by atoms with Crippen LogP contribution in [0.2, 0.25) is 0 Å². The van der Waals surface area contributed by atoms with E-state index in [0.717, 1.165) is 22.5 Å². The highest BCUT2D eigenvalue weighted by atomic mass is 32.2. The molecule has 0 bridgehead atoms. The first kappa shape index (κ1) is 21.5. The molecule has 1 aliphatic carbocycles. The predicted molar refractivity (Wildman–Crippen MR) is 136 cm³/mol. The van der Waals surface area contributed by atoms with Gasteiger partial charge in [-0.2, -0.15) is 11.3 Å². The SMILES string of the molecule is Cc1ccc(N2C(c3ccsc3)=CN(S(=O)(=O)c3ccc(C)cc3)C3=CC=CC=CC32)cc1. The van der Waals surface area contributed by atoms with Crippen molar-refractivity contribution in [3.63, 3.8) is 0 Å². The molecule has 1 aromatic heterocycles. The van der Waals surface area contributed by atoms with Crippen molar-refractivity contribution in [3.05, 3.63) is 124 Å². The van der Waals surface area contributed by atoms with E-state index in [0.29, 0.717) is 5.70 Å². The molecule has 0 amide bonds. The van der Waals surface area contributed by atoms with Gasteiger partial charge in [0.05, 0.1) is 22.3 Å². The lowest BCUT2D eigenvalue weighted by Gasteiger charge is -2.42. The number of nitrogens with zero attached hydrogens (tertiary/aromatic N) is 2. The van der Waals surface area contributed by atoms with E-state index in [1.807, 2.05) is 60.9 Å². The van der Waals surface area contributed by atoms with Crippen molar-refractivity contribution < 1.29 is 8.42 Å². The number of benzene rings is 2. The zero-order chi connectivity index (χ0) is 23.0. The van der Waals surface area contributed by atoms with Crippen LogP contribution in [0.25, 0.3) is 5.70 Å². The maximum absolute atomic E-state index is 13.8. The lowest BCUT2D eigenvalue weighted by Crippen LogP contribution is -2.45. The fraction of sp³-hybridized carbons (Fsp3) is 0.111. The number of hydrogen-bond acceptors (Lipinski definition) is 4. The van der Waals surface area contributed by atoms with E-state index >= 15 is 0 Å². The minimum atomic E-state index is -3.80. The molecule has 2 aliphatic rings. The van der Waals surface area contributed by atoms with Gasteiger partial charge in [-0.3, -0.25) is 0 Å². The first-order valence-corrected chi connectivity index (χ1v) is 13.1. The molecule has 2 aromatic carbocycles. The van der Waals surface area contributed by atoms with Gasteiger partial charge in [0.1, 0.15) is 0 Å². The zero-order valence-corrected chi connectivity index (χ0v) is 20.1. The average molecular weight is 473 g/mol. The van der Waals surface area contributed by atoms with Gasteiger partial charge in [-0.05, 0) is 55.6 Å². The summed E-state index contributed by atoms with van der Waals surface area (Å²) in [5.41, 5.74) is 5.70. The monoisotopic (exact) mass is 472 g/mol. The molecule has 0 saturated carbocycles. The second-order valence-corrected chi connectivity index (χ2v) is 10.7. The predicted octanol–water partition coefficient (Wildman–Crippen LogP) is 6.25. The third kappa shape index (κ3) is 3.96. The Morgan fingerprint density at radius 2 is 1.55 bits per heavy atom. The number of hydrogen-bond donors (Lipinski definition) is 0. The van der Waals surface area contributed by atoms with E-state index in [2.05, 4.69) is 41.5 Å². The van der Waals surface area contributed by atoms with Crippen molar-refractivity contribution in [2.24, 2.45) is 0 Å². The Kier molecular flexibility index (Phi) is 5.56. The summed E-state index contributed by atoms with van der Waals surface area (Å²) in [7, 11) is -3.80. The molecule has 1 atom stereocenters. The van der Waals surface area contributed by atoms with Crippen LogP contribution in [0.15, 0.2) is 113 Å². The van der Waals surface area contributed by atoms with Crippen molar-refractivity contribution in [1.29, 1.82) is 0 Å². The largest absolute Gasteiger partial charge is 0.327 e. The Labute approximate surface area is 199 Å². The molecule has 0 fully saturated rings. The molecule has 2 heterocycles. The summed E-state index contributed by atoms with van der Waals surface area (Å²) in [6.07, 6.45) is 11.5. The van der Waals surface area contributed by atoms with E-state index in [1.165, 1.54) is 9.87 Å². The topological polar surface area (TPSA) is 40.6 Å². The van der Waals surface area contributed by atoms with Crippen LogP contribution in [0.1, 0.15) is 16.7 Å². The van der Waals surface area contributed by atoms with Crippen molar-refractivity contribution in [3.8, 4) is 0 Å². The molecule has 1 unspecified atom stereocenters. The van der Waals surface area contributed by atoms with Gasteiger partial charge >= 0.3 is 0 Å². The van der Waals surface area contributed by atoms with Gasteiger partial charge < -0.3 is 4.90 Å². The summed E-state index contributed by atoms with van der Waals surface area (Å²) in [5, 5.41) is 4.06. The van der Waals surface area contributed by atoms with Crippen LogP contribution in [0.3, 0.4) is 0 Å².